The summed E-state index contributed by atoms with van der Waals surface area (Å²) in [6.45, 7) is 13.3. The first kappa shape index (κ1) is 35.6. The third kappa shape index (κ3) is 5.16. The van der Waals surface area contributed by atoms with Crippen molar-refractivity contribution < 1.29 is 4.42 Å². The Labute approximate surface area is 355 Å². The first-order valence-corrected chi connectivity index (χ1v) is 21.1. The molecule has 2 aliphatic rings. The molecule has 292 valence electrons. The summed E-state index contributed by atoms with van der Waals surface area (Å²) in [6.07, 6.45) is 1.89. The lowest BCUT2D eigenvalue weighted by Gasteiger charge is -2.45. The smallest absolute Gasteiger partial charge is 0.252 e. The Hall–Kier alpha value is -7.38. The molecular weight excluding hydrogens is 745 g/mol. The van der Waals surface area contributed by atoms with E-state index in [0.29, 0.717) is 5.89 Å². The zero-order valence-electron chi connectivity index (χ0n) is 35.1. The van der Waals surface area contributed by atoms with Gasteiger partial charge in [0, 0.05) is 45.3 Å². The van der Waals surface area contributed by atoms with Crippen LogP contribution in [-0.2, 0) is 0 Å². The lowest BCUT2D eigenvalue weighted by Crippen LogP contribution is -2.61. The van der Waals surface area contributed by atoms with Crippen LogP contribution in [0, 0.1) is 41.5 Å². The van der Waals surface area contributed by atoms with Crippen LogP contribution >= 0.6 is 0 Å². The van der Waals surface area contributed by atoms with Gasteiger partial charge in [0.1, 0.15) is 11.3 Å². The molecule has 0 N–H and O–H groups in total. The van der Waals surface area contributed by atoms with Crippen LogP contribution in [0.2, 0.25) is 0 Å². The molecule has 0 atom stereocenters. The summed E-state index contributed by atoms with van der Waals surface area (Å²) in [6, 6.07) is 50.8. The molecule has 2 aliphatic heterocycles. The topological polar surface area (TPSA) is 50.3 Å². The molecular formula is C54H42BN5O. The number of aromatic nitrogens is 3. The van der Waals surface area contributed by atoms with Gasteiger partial charge in [-0.25, -0.2) is 9.97 Å². The fraction of sp³-hybridized carbons (Fsp3) is 0.111. The molecule has 0 aliphatic carbocycles. The van der Waals surface area contributed by atoms with Gasteiger partial charge in [-0.05, 0) is 147 Å². The van der Waals surface area contributed by atoms with Gasteiger partial charge in [0.2, 0.25) is 5.89 Å². The van der Waals surface area contributed by atoms with Gasteiger partial charge in [-0.2, -0.15) is 0 Å². The molecule has 10 aromatic rings. The highest BCUT2D eigenvalue weighted by Crippen LogP contribution is 2.48. The standard InChI is InChI=1S/C54H42BN5O/c1-31-24-33(3)52(34(4)25-31)59-44-22-21-37(54-57-42-15-8-10-19-49(42)61-54)28-40(44)55-41-30-47-39(38-14-7-9-16-43(38)58(47)50-20-11-12-23-56-50)29-48(41)60(46-18-13-17-45(59)51(46)55)53-35(5)26-32(2)27-36(53)6/h7-30H,1-6H3. The SMILES string of the molecule is Cc1cc(C)c(N2c3ccc(-c4nc5ccccc5o4)cc3B3c4cc5c(cc4N(c4c(C)cc(C)cc4C)c4cccc2c43)c2ccccc2n5-c2ccccn2)c(C)c1. The van der Waals surface area contributed by atoms with E-state index < -0.39 is 0 Å². The van der Waals surface area contributed by atoms with Crippen molar-refractivity contribution in [2.24, 2.45) is 0 Å². The average Bonchev–Trinajstić information content (AvgIpc) is 3.83. The van der Waals surface area contributed by atoms with E-state index in [1.807, 2.05) is 36.5 Å². The highest BCUT2D eigenvalue weighted by Gasteiger charge is 2.44. The van der Waals surface area contributed by atoms with Crippen molar-refractivity contribution in [2.75, 3.05) is 9.80 Å². The van der Waals surface area contributed by atoms with E-state index in [1.165, 1.54) is 89.0 Å². The highest BCUT2D eigenvalue weighted by molar-refractivity contribution is 7.00. The van der Waals surface area contributed by atoms with Crippen molar-refractivity contribution in [2.45, 2.75) is 41.5 Å². The zero-order valence-corrected chi connectivity index (χ0v) is 35.1. The Balaban J connectivity index is 1.23. The van der Waals surface area contributed by atoms with Crippen LogP contribution in [0.25, 0.3) is 50.2 Å². The maximum atomic E-state index is 6.48. The average molecular weight is 788 g/mol. The highest BCUT2D eigenvalue weighted by atomic mass is 16.3. The molecule has 0 spiro atoms. The predicted molar refractivity (Wildman–Crippen MR) is 254 cm³/mol. The molecule has 0 radical (unpaired) electrons. The second kappa shape index (κ2) is 13.1. The van der Waals surface area contributed by atoms with Gasteiger partial charge in [0.25, 0.3) is 6.71 Å². The molecule has 0 unspecified atom stereocenters. The van der Waals surface area contributed by atoms with Crippen LogP contribution in [0.15, 0.2) is 150 Å². The van der Waals surface area contributed by atoms with Crippen molar-refractivity contribution in [3.63, 3.8) is 0 Å². The van der Waals surface area contributed by atoms with Crippen LogP contribution in [0.3, 0.4) is 0 Å². The second-order valence-electron chi connectivity index (χ2n) is 17.0. The molecule has 3 aromatic heterocycles. The number of hydrogen-bond acceptors (Lipinski definition) is 5. The number of benzene rings is 7. The van der Waals surface area contributed by atoms with E-state index in [4.69, 9.17) is 14.4 Å². The van der Waals surface area contributed by atoms with E-state index in [0.717, 1.165) is 39.2 Å². The fourth-order valence-electron chi connectivity index (χ4n) is 10.8. The van der Waals surface area contributed by atoms with E-state index in [1.54, 1.807) is 0 Å². The van der Waals surface area contributed by atoms with Gasteiger partial charge in [-0.3, -0.25) is 4.57 Å². The number of aryl methyl sites for hydroxylation is 6. The molecule has 7 heteroatoms. The molecule has 5 heterocycles. The summed E-state index contributed by atoms with van der Waals surface area (Å²) in [5, 5.41) is 2.39. The number of para-hydroxylation sites is 3. The number of fused-ring (bicyclic) bond motifs is 8. The molecule has 7 aromatic carbocycles. The van der Waals surface area contributed by atoms with Gasteiger partial charge < -0.3 is 14.2 Å². The maximum absolute atomic E-state index is 6.48. The Morgan fingerprint density at radius 3 is 1.84 bits per heavy atom. The lowest BCUT2D eigenvalue weighted by atomic mass is 9.33. The second-order valence-corrected chi connectivity index (χ2v) is 17.0. The van der Waals surface area contributed by atoms with E-state index in [9.17, 15) is 0 Å². The number of anilines is 6. The minimum atomic E-state index is -0.121. The van der Waals surface area contributed by atoms with Crippen molar-refractivity contribution in [1.29, 1.82) is 0 Å². The summed E-state index contributed by atoms with van der Waals surface area (Å²) < 4.78 is 8.81. The maximum Gasteiger partial charge on any atom is 0.252 e. The first-order valence-electron chi connectivity index (χ1n) is 21.1. The molecule has 61 heavy (non-hydrogen) atoms. The number of pyridine rings is 1. The van der Waals surface area contributed by atoms with Crippen LogP contribution in [0.1, 0.15) is 33.4 Å². The summed E-state index contributed by atoms with van der Waals surface area (Å²) >= 11 is 0. The Bertz CT molecular complexity index is 3390. The van der Waals surface area contributed by atoms with Crippen LogP contribution < -0.4 is 26.2 Å². The summed E-state index contributed by atoms with van der Waals surface area (Å²) in [4.78, 5) is 15.0. The van der Waals surface area contributed by atoms with Crippen LogP contribution in [-0.4, -0.2) is 21.2 Å². The molecule has 0 fully saturated rings. The first-order chi connectivity index (χ1) is 29.7. The van der Waals surface area contributed by atoms with Gasteiger partial charge in [0.05, 0.1) is 22.4 Å². The monoisotopic (exact) mass is 787 g/mol. The van der Waals surface area contributed by atoms with Crippen molar-refractivity contribution in [3.8, 4) is 17.3 Å². The predicted octanol–water partition coefficient (Wildman–Crippen LogP) is 11.9. The van der Waals surface area contributed by atoms with Gasteiger partial charge in [0.15, 0.2) is 5.58 Å². The fourth-order valence-corrected chi connectivity index (χ4v) is 10.8. The molecule has 12 rings (SSSR count). The minimum absolute atomic E-state index is 0.121. The third-order valence-electron chi connectivity index (χ3n) is 12.9. The van der Waals surface area contributed by atoms with E-state index >= 15 is 0 Å². The quantitative estimate of drug-likeness (QED) is 0.166. The number of nitrogens with zero attached hydrogens (tertiary/aromatic N) is 5. The molecule has 6 nitrogen and oxygen atoms in total. The van der Waals surface area contributed by atoms with Crippen molar-refractivity contribution in [3.05, 3.63) is 179 Å². The Morgan fingerprint density at radius 1 is 0.508 bits per heavy atom. The third-order valence-corrected chi connectivity index (χ3v) is 12.9. The molecule has 0 bridgehead atoms. The minimum Gasteiger partial charge on any atom is -0.436 e. The lowest BCUT2D eigenvalue weighted by molar-refractivity contribution is 0.620. The number of rotatable bonds is 4. The van der Waals surface area contributed by atoms with Crippen LogP contribution in [0.5, 0.6) is 0 Å². The molecule has 0 amide bonds. The zero-order chi connectivity index (χ0) is 41.3. The number of hydrogen-bond donors (Lipinski definition) is 0. The molecule has 0 saturated carbocycles. The Kier molecular flexibility index (Phi) is 7.61. The van der Waals surface area contributed by atoms with Crippen molar-refractivity contribution >= 4 is 90.1 Å². The number of oxazole rings is 1. The van der Waals surface area contributed by atoms with E-state index in [-0.39, 0.29) is 6.71 Å². The molecule has 0 saturated heterocycles. The largest absolute Gasteiger partial charge is 0.436 e. The van der Waals surface area contributed by atoms with Gasteiger partial charge in [-0.1, -0.05) is 83.9 Å². The summed E-state index contributed by atoms with van der Waals surface area (Å²) in [5.41, 5.74) is 23.1. The van der Waals surface area contributed by atoms with E-state index in [2.05, 4.69) is 165 Å². The summed E-state index contributed by atoms with van der Waals surface area (Å²) in [7, 11) is 0. The summed E-state index contributed by atoms with van der Waals surface area (Å²) in [5.74, 6) is 1.51. The van der Waals surface area contributed by atoms with Crippen LogP contribution in [0.4, 0.5) is 34.1 Å². The Morgan fingerprint density at radius 2 is 1.15 bits per heavy atom. The van der Waals surface area contributed by atoms with Gasteiger partial charge in [-0.15, -0.1) is 0 Å². The normalized spacial score (nSPS) is 13.0. The van der Waals surface area contributed by atoms with Crippen molar-refractivity contribution in [1.82, 2.24) is 14.5 Å². The van der Waals surface area contributed by atoms with Gasteiger partial charge >= 0.3 is 0 Å².